The maximum absolute atomic E-state index is 14.3. The second kappa shape index (κ2) is 12.2. The predicted octanol–water partition coefficient (Wildman–Crippen LogP) is 4.51. The fourth-order valence-electron chi connectivity index (χ4n) is 6.27. The summed E-state index contributed by atoms with van der Waals surface area (Å²) in [6, 6.07) is 26.3. The average Bonchev–Trinajstić information content (AvgIpc) is 3.81. The summed E-state index contributed by atoms with van der Waals surface area (Å²) in [7, 11) is 0. The van der Waals surface area contributed by atoms with E-state index in [1.165, 1.54) is 11.3 Å². The molecule has 0 radical (unpaired) electrons. The minimum Gasteiger partial charge on any atom is -0.463 e. The van der Waals surface area contributed by atoms with Crippen molar-refractivity contribution in [3.63, 3.8) is 0 Å². The van der Waals surface area contributed by atoms with E-state index in [4.69, 9.17) is 9.73 Å². The molecule has 0 spiro atoms. The molecule has 4 heterocycles. The van der Waals surface area contributed by atoms with Crippen molar-refractivity contribution in [2.75, 3.05) is 19.7 Å². The van der Waals surface area contributed by atoms with Gasteiger partial charge in [-0.25, -0.2) is 9.79 Å². The molecule has 3 aromatic carbocycles. The van der Waals surface area contributed by atoms with Crippen LogP contribution in [0.2, 0.25) is 0 Å². The highest BCUT2D eigenvalue weighted by molar-refractivity contribution is 7.07. The maximum atomic E-state index is 14.3. The number of hydrogen-bond donors (Lipinski definition) is 0. The Bertz CT molecular complexity index is 2120. The molecule has 8 nitrogen and oxygen atoms in total. The summed E-state index contributed by atoms with van der Waals surface area (Å²) in [4.78, 5) is 48.3. The molecule has 0 unspecified atom stereocenters. The number of ether oxygens (including phenoxy) is 1. The third-order valence-corrected chi connectivity index (χ3v) is 9.34. The number of hydrogen-bond acceptors (Lipinski definition) is 6. The molecule has 2 aliphatic rings. The van der Waals surface area contributed by atoms with E-state index in [0.717, 1.165) is 53.5 Å². The van der Waals surface area contributed by atoms with Gasteiger partial charge in [0.05, 0.1) is 28.5 Å². The third kappa shape index (κ3) is 5.33. The maximum Gasteiger partial charge on any atom is 0.338 e. The second-order valence-corrected chi connectivity index (χ2v) is 12.2. The molecule has 0 bridgehead atoms. The van der Waals surface area contributed by atoms with Crippen LogP contribution < -0.4 is 14.9 Å². The molecule has 1 atom stereocenters. The van der Waals surface area contributed by atoms with Crippen molar-refractivity contribution >= 4 is 45.9 Å². The van der Waals surface area contributed by atoms with Gasteiger partial charge in [0.2, 0.25) is 5.91 Å². The molecule has 9 heteroatoms. The monoisotopic (exact) mass is 616 g/mol. The normalized spacial score (nSPS) is 16.6. The van der Waals surface area contributed by atoms with Gasteiger partial charge in [-0.2, -0.15) is 0 Å². The first-order chi connectivity index (χ1) is 22.0. The Balaban J connectivity index is 1.41. The molecule has 226 valence electrons. The lowest BCUT2D eigenvalue weighted by molar-refractivity contribution is -0.139. The van der Waals surface area contributed by atoms with Crippen LogP contribution >= 0.6 is 11.3 Å². The van der Waals surface area contributed by atoms with Crippen molar-refractivity contribution in [1.82, 2.24) is 14.0 Å². The Morgan fingerprint density at radius 1 is 0.956 bits per heavy atom. The fourth-order valence-corrected chi connectivity index (χ4v) is 7.26. The highest BCUT2D eigenvalue weighted by Gasteiger charge is 2.35. The standard InChI is InChI=1S/C36H32N4O4S/c1-2-44-35(43)31-32(24-13-5-3-6-14-24)37-36-40(33(31)25-15-7-4-8-16-25)34(42)29(45-36)21-26-22-39(28-18-10-9-17-27(26)28)23-30(41)38-19-11-12-20-38/h3-10,13-18,21-22,33H,2,11-12,19-20,23H2,1H3/b29-21+/t33-/m1/s1. The first kappa shape index (κ1) is 28.7. The zero-order chi connectivity index (χ0) is 30.9. The van der Waals surface area contributed by atoms with Gasteiger partial charge in [0.1, 0.15) is 6.54 Å². The number of carbonyl (C=O) groups excluding carboxylic acids is 2. The van der Waals surface area contributed by atoms with E-state index in [0.29, 0.717) is 20.6 Å². The van der Waals surface area contributed by atoms with E-state index in [9.17, 15) is 14.4 Å². The van der Waals surface area contributed by atoms with E-state index in [1.807, 2.05) is 107 Å². The van der Waals surface area contributed by atoms with Gasteiger partial charge in [-0.05, 0) is 37.5 Å². The largest absolute Gasteiger partial charge is 0.463 e. The lowest BCUT2D eigenvalue weighted by Gasteiger charge is -2.25. The Morgan fingerprint density at radius 2 is 1.64 bits per heavy atom. The molecule has 0 N–H and O–H groups in total. The van der Waals surface area contributed by atoms with E-state index < -0.39 is 12.0 Å². The van der Waals surface area contributed by atoms with Crippen LogP contribution in [0.25, 0.3) is 22.7 Å². The van der Waals surface area contributed by atoms with Crippen molar-refractivity contribution in [3.05, 3.63) is 133 Å². The second-order valence-electron chi connectivity index (χ2n) is 11.2. The van der Waals surface area contributed by atoms with Gasteiger partial charge in [0.15, 0.2) is 4.80 Å². The Hall–Kier alpha value is -5.02. The predicted molar refractivity (Wildman–Crippen MR) is 175 cm³/mol. The number of rotatable bonds is 7. The smallest absolute Gasteiger partial charge is 0.338 e. The van der Waals surface area contributed by atoms with Gasteiger partial charge in [-0.3, -0.25) is 14.2 Å². The summed E-state index contributed by atoms with van der Waals surface area (Å²) in [5, 5.41) is 0.953. The van der Waals surface area contributed by atoms with Crippen LogP contribution in [0, 0.1) is 0 Å². The van der Waals surface area contributed by atoms with E-state index in [-0.39, 0.29) is 24.6 Å². The van der Waals surface area contributed by atoms with Gasteiger partial charge in [0.25, 0.3) is 5.56 Å². The summed E-state index contributed by atoms with van der Waals surface area (Å²) >= 11 is 1.29. The number of para-hydroxylation sites is 1. The molecular weight excluding hydrogens is 584 g/mol. The van der Waals surface area contributed by atoms with Gasteiger partial charge >= 0.3 is 5.97 Å². The highest BCUT2D eigenvalue weighted by Crippen LogP contribution is 2.35. The SMILES string of the molecule is CCOC(=O)C1=C(c2ccccc2)N=c2s/c(=C/c3cn(CC(=O)N4CCCC4)c4ccccc34)c(=O)n2[C@@H]1c1ccccc1. The van der Waals surface area contributed by atoms with Crippen LogP contribution in [-0.2, 0) is 20.9 Å². The van der Waals surface area contributed by atoms with E-state index in [1.54, 1.807) is 11.5 Å². The summed E-state index contributed by atoms with van der Waals surface area (Å²) in [5.41, 5.74) is 3.90. The first-order valence-corrected chi connectivity index (χ1v) is 16.0. The van der Waals surface area contributed by atoms with E-state index >= 15 is 0 Å². The molecule has 1 amide bonds. The molecule has 0 saturated carbocycles. The van der Waals surface area contributed by atoms with Crippen LogP contribution in [0.3, 0.4) is 0 Å². The number of amides is 1. The fraction of sp³-hybridized carbons (Fsp3) is 0.222. The van der Waals surface area contributed by atoms with Crippen LogP contribution in [0.4, 0.5) is 0 Å². The van der Waals surface area contributed by atoms with Crippen molar-refractivity contribution in [2.45, 2.75) is 32.4 Å². The first-order valence-electron chi connectivity index (χ1n) is 15.2. The third-order valence-electron chi connectivity index (χ3n) is 8.36. The molecule has 45 heavy (non-hydrogen) atoms. The molecule has 1 fully saturated rings. The molecule has 7 rings (SSSR count). The number of carbonyl (C=O) groups is 2. The molecule has 5 aromatic rings. The summed E-state index contributed by atoms with van der Waals surface area (Å²) < 4.78 is 9.62. The number of benzene rings is 3. The minimum absolute atomic E-state index is 0.0990. The van der Waals surface area contributed by atoms with Crippen LogP contribution in [0.15, 0.2) is 106 Å². The molecule has 2 aromatic heterocycles. The summed E-state index contributed by atoms with van der Waals surface area (Å²) in [5.74, 6) is -0.407. The number of esters is 1. The quantitative estimate of drug-likeness (QED) is 0.252. The topological polar surface area (TPSA) is 85.9 Å². The lowest BCUT2D eigenvalue weighted by atomic mass is 9.93. The lowest BCUT2D eigenvalue weighted by Crippen LogP contribution is -2.39. The molecule has 1 saturated heterocycles. The summed E-state index contributed by atoms with van der Waals surface area (Å²) in [6.07, 6.45) is 5.90. The average molecular weight is 617 g/mol. The number of nitrogens with zero attached hydrogens (tertiary/aromatic N) is 4. The van der Waals surface area contributed by atoms with Crippen LogP contribution in [0.5, 0.6) is 0 Å². The number of thiazole rings is 1. The Labute approximate surface area is 263 Å². The summed E-state index contributed by atoms with van der Waals surface area (Å²) in [6.45, 7) is 3.80. The number of fused-ring (bicyclic) bond motifs is 2. The molecule has 2 aliphatic heterocycles. The van der Waals surface area contributed by atoms with Gasteiger partial charge in [0, 0.05) is 41.3 Å². The van der Waals surface area contributed by atoms with Crippen molar-refractivity contribution in [1.29, 1.82) is 0 Å². The number of likely N-dealkylation sites (tertiary alicyclic amines) is 1. The van der Waals surface area contributed by atoms with Gasteiger partial charge < -0.3 is 14.2 Å². The van der Waals surface area contributed by atoms with Gasteiger partial charge in [-0.15, -0.1) is 0 Å². The van der Waals surface area contributed by atoms with Crippen LogP contribution in [0.1, 0.15) is 42.5 Å². The van der Waals surface area contributed by atoms with Crippen molar-refractivity contribution < 1.29 is 14.3 Å². The van der Waals surface area contributed by atoms with Crippen molar-refractivity contribution in [3.8, 4) is 0 Å². The highest BCUT2D eigenvalue weighted by atomic mass is 32.1. The zero-order valence-corrected chi connectivity index (χ0v) is 25.7. The van der Waals surface area contributed by atoms with E-state index in [2.05, 4.69) is 0 Å². The molecule has 0 aliphatic carbocycles. The minimum atomic E-state index is -0.724. The molecular formula is C36H32N4O4S. The Kier molecular flexibility index (Phi) is 7.77. The number of aromatic nitrogens is 2. The Morgan fingerprint density at radius 3 is 2.38 bits per heavy atom. The van der Waals surface area contributed by atoms with Crippen LogP contribution in [-0.4, -0.2) is 45.6 Å². The zero-order valence-electron chi connectivity index (χ0n) is 24.9. The van der Waals surface area contributed by atoms with Gasteiger partial charge in [-0.1, -0.05) is 90.2 Å². The van der Waals surface area contributed by atoms with Crippen molar-refractivity contribution in [2.24, 2.45) is 4.99 Å².